The molecule has 0 saturated heterocycles. The number of rotatable bonds is 2. The van der Waals surface area contributed by atoms with E-state index in [2.05, 4.69) is 15.5 Å². The number of carbonyl (C=O) groups is 1. The fraction of sp³-hybridized carbons (Fsp3) is 0.286. The molecule has 5 heteroatoms. The lowest BCUT2D eigenvalue weighted by molar-refractivity contribution is 0.0954. The van der Waals surface area contributed by atoms with Crippen LogP contribution in [-0.4, -0.2) is 22.6 Å². The van der Waals surface area contributed by atoms with Crippen molar-refractivity contribution in [3.8, 4) is 0 Å². The molecular weight excluding hydrogens is 158 g/mol. The summed E-state index contributed by atoms with van der Waals surface area (Å²) in [6.45, 7) is 2.29. The van der Waals surface area contributed by atoms with Gasteiger partial charge in [0.2, 0.25) is 0 Å². The first-order valence-electron chi connectivity index (χ1n) is 3.57. The van der Waals surface area contributed by atoms with Crippen molar-refractivity contribution in [1.82, 2.24) is 15.5 Å². The Hall–Kier alpha value is -1.65. The van der Waals surface area contributed by atoms with E-state index in [0.717, 1.165) is 0 Å². The van der Waals surface area contributed by atoms with E-state index in [4.69, 9.17) is 0 Å². The maximum absolute atomic E-state index is 11.1. The first kappa shape index (κ1) is 8.45. The van der Waals surface area contributed by atoms with Crippen LogP contribution in [-0.2, 0) is 0 Å². The molecule has 0 aromatic carbocycles. The molecule has 5 nitrogen and oxygen atoms in total. The molecule has 0 aliphatic heterocycles. The van der Waals surface area contributed by atoms with Gasteiger partial charge in [-0.1, -0.05) is 0 Å². The van der Waals surface area contributed by atoms with Crippen molar-refractivity contribution in [2.75, 3.05) is 6.54 Å². The lowest BCUT2D eigenvalue weighted by Gasteiger charge is -1.98. The molecule has 0 atom stereocenters. The summed E-state index contributed by atoms with van der Waals surface area (Å²) in [6, 6.07) is 1.38. The first-order valence-corrected chi connectivity index (χ1v) is 3.57. The maximum Gasteiger partial charge on any atom is 0.277 e. The second-order valence-corrected chi connectivity index (χ2v) is 2.16. The number of amides is 1. The second kappa shape index (κ2) is 3.66. The average Bonchev–Trinajstić information content (AvgIpc) is 2.05. The minimum Gasteiger partial charge on any atom is -0.352 e. The standard InChI is InChI=1S/C7H9N3O2/c1-2-8-6(11)5-3-4-9-10-7(5)12/h3-4H,2H2,1H3,(H,8,11)(H,10,12). The van der Waals surface area contributed by atoms with E-state index in [1.807, 2.05) is 0 Å². The monoisotopic (exact) mass is 167 g/mol. The fourth-order valence-electron chi connectivity index (χ4n) is 0.778. The molecule has 1 amide bonds. The summed E-state index contributed by atoms with van der Waals surface area (Å²) in [5.41, 5.74) is -0.379. The Bertz CT molecular complexity index is 331. The van der Waals surface area contributed by atoms with Crippen LogP contribution in [0, 0.1) is 0 Å². The van der Waals surface area contributed by atoms with E-state index in [9.17, 15) is 9.59 Å². The van der Waals surface area contributed by atoms with Gasteiger partial charge in [0.15, 0.2) is 0 Å². The van der Waals surface area contributed by atoms with Crippen LogP contribution in [0.15, 0.2) is 17.1 Å². The van der Waals surface area contributed by atoms with Crippen molar-refractivity contribution < 1.29 is 4.79 Å². The minimum absolute atomic E-state index is 0.0897. The number of nitrogens with zero attached hydrogens (tertiary/aromatic N) is 1. The van der Waals surface area contributed by atoms with Gasteiger partial charge >= 0.3 is 0 Å². The van der Waals surface area contributed by atoms with E-state index >= 15 is 0 Å². The molecule has 1 heterocycles. The predicted octanol–water partition coefficient (Wildman–Crippen LogP) is -0.480. The Morgan fingerprint density at radius 2 is 2.50 bits per heavy atom. The largest absolute Gasteiger partial charge is 0.352 e. The molecule has 0 bridgehead atoms. The Morgan fingerprint density at radius 1 is 1.75 bits per heavy atom. The Balaban J connectivity index is 2.95. The van der Waals surface area contributed by atoms with Crippen molar-refractivity contribution in [3.05, 3.63) is 28.2 Å². The molecule has 0 radical (unpaired) electrons. The summed E-state index contributed by atoms with van der Waals surface area (Å²) in [6.07, 6.45) is 1.37. The molecule has 12 heavy (non-hydrogen) atoms. The number of aromatic nitrogens is 2. The molecule has 0 aliphatic carbocycles. The zero-order valence-electron chi connectivity index (χ0n) is 6.63. The van der Waals surface area contributed by atoms with E-state index in [-0.39, 0.29) is 11.5 Å². The van der Waals surface area contributed by atoms with E-state index < -0.39 is 5.56 Å². The smallest absolute Gasteiger partial charge is 0.277 e. The van der Waals surface area contributed by atoms with Gasteiger partial charge in [-0.05, 0) is 13.0 Å². The van der Waals surface area contributed by atoms with Crippen LogP contribution < -0.4 is 10.9 Å². The summed E-state index contributed by atoms with van der Waals surface area (Å²) in [5, 5.41) is 8.16. The number of H-pyrrole nitrogens is 1. The molecule has 1 aromatic rings. The maximum atomic E-state index is 11.1. The summed E-state index contributed by atoms with van der Waals surface area (Å²) in [5.74, 6) is -0.374. The molecule has 0 saturated carbocycles. The van der Waals surface area contributed by atoms with E-state index in [0.29, 0.717) is 6.54 Å². The highest BCUT2D eigenvalue weighted by Gasteiger charge is 2.07. The van der Waals surface area contributed by atoms with Crippen molar-refractivity contribution >= 4 is 5.91 Å². The molecule has 0 aliphatic rings. The summed E-state index contributed by atoms with van der Waals surface area (Å²) >= 11 is 0. The van der Waals surface area contributed by atoms with Crippen LogP contribution in [0.25, 0.3) is 0 Å². The highest BCUT2D eigenvalue weighted by atomic mass is 16.2. The Morgan fingerprint density at radius 3 is 3.08 bits per heavy atom. The van der Waals surface area contributed by atoms with Crippen LogP contribution in [0.3, 0.4) is 0 Å². The molecule has 0 unspecified atom stereocenters. The van der Waals surface area contributed by atoms with Gasteiger partial charge in [0.25, 0.3) is 11.5 Å². The third kappa shape index (κ3) is 1.69. The zero-order valence-corrected chi connectivity index (χ0v) is 6.63. The molecule has 0 spiro atoms. The van der Waals surface area contributed by atoms with Crippen LogP contribution in [0.1, 0.15) is 17.3 Å². The van der Waals surface area contributed by atoms with Gasteiger partial charge in [0.1, 0.15) is 5.56 Å². The lowest BCUT2D eigenvalue weighted by atomic mass is 10.3. The quantitative estimate of drug-likeness (QED) is 0.624. The van der Waals surface area contributed by atoms with Crippen LogP contribution in [0.5, 0.6) is 0 Å². The van der Waals surface area contributed by atoms with Gasteiger partial charge in [0.05, 0.1) is 0 Å². The number of carbonyl (C=O) groups excluding carboxylic acids is 1. The summed E-state index contributed by atoms with van der Waals surface area (Å²) < 4.78 is 0. The molecule has 0 fully saturated rings. The SMILES string of the molecule is CCNC(=O)c1ccn[nH]c1=O. The van der Waals surface area contributed by atoms with E-state index in [1.165, 1.54) is 12.3 Å². The molecule has 1 rings (SSSR count). The van der Waals surface area contributed by atoms with Crippen LogP contribution in [0.2, 0.25) is 0 Å². The zero-order chi connectivity index (χ0) is 8.97. The predicted molar refractivity (Wildman–Crippen MR) is 42.9 cm³/mol. The van der Waals surface area contributed by atoms with Crippen molar-refractivity contribution in [3.63, 3.8) is 0 Å². The second-order valence-electron chi connectivity index (χ2n) is 2.16. The van der Waals surface area contributed by atoms with Gasteiger partial charge in [-0.25, -0.2) is 5.10 Å². The van der Waals surface area contributed by atoms with E-state index in [1.54, 1.807) is 6.92 Å². The summed E-state index contributed by atoms with van der Waals surface area (Å²) in [4.78, 5) is 22.1. The Labute approximate surface area is 68.8 Å². The van der Waals surface area contributed by atoms with Gasteiger partial charge in [-0.3, -0.25) is 9.59 Å². The van der Waals surface area contributed by atoms with Gasteiger partial charge in [-0.15, -0.1) is 0 Å². The third-order valence-corrected chi connectivity index (χ3v) is 1.31. The van der Waals surface area contributed by atoms with Gasteiger partial charge in [0, 0.05) is 12.7 Å². The first-order chi connectivity index (χ1) is 5.75. The summed E-state index contributed by atoms with van der Waals surface area (Å²) in [7, 11) is 0. The molecule has 1 aromatic heterocycles. The van der Waals surface area contributed by atoms with Crippen LogP contribution >= 0.6 is 0 Å². The molecule has 2 N–H and O–H groups in total. The highest BCUT2D eigenvalue weighted by Crippen LogP contribution is 1.85. The number of aromatic amines is 1. The topological polar surface area (TPSA) is 74.8 Å². The van der Waals surface area contributed by atoms with Crippen molar-refractivity contribution in [2.24, 2.45) is 0 Å². The minimum atomic E-state index is -0.469. The van der Waals surface area contributed by atoms with Crippen molar-refractivity contribution in [1.29, 1.82) is 0 Å². The highest BCUT2D eigenvalue weighted by molar-refractivity contribution is 5.93. The van der Waals surface area contributed by atoms with Crippen LogP contribution in [0.4, 0.5) is 0 Å². The number of hydrogen-bond donors (Lipinski definition) is 2. The number of nitrogens with one attached hydrogen (secondary N) is 2. The Kier molecular flexibility index (Phi) is 2.57. The lowest BCUT2D eigenvalue weighted by Crippen LogP contribution is -2.29. The average molecular weight is 167 g/mol. The third-order valence-electron chi connectivity index (χ3n) is 1.31. The molecular formula is C7H9N3O2. The van der Waals surface area contributed by atoms with Gasteiger partial charge < -0.3 is 5.32 Å². The molecule has 64 valence electrons. The number of hydrogen-bond acceptors (Lipinski definition) is 3. The van der Waals surface area contributed by atoms with Crippen molar-refractivity contribution in [2.45, 2.75) is 6.92 Å². The normalized spacial score (nSPS) is 9.42. The van der Waals surface area contributed by atoms with Gasteiger partial charge in [-0.2, -0.15) is 5.10 Å². The fourth-order valence-corrected chi connectivity index (χ4v) is 0.778.